The summed E-state index contributed by atoms with van der Waals surface area (Å²) in [5.41, 5.74) is 1.77. The number of ether oxygens (including phenoxy) is 2. The Labute approximate surface area is 143 Å². The summed E-state index contributed by atoms with van der Waals surface area (Å²) in [4.78, 5) is 0.00880. The lowest BCUT2D eigenvalue weighted by molar-refractivity contribution is 0.353. The van der Waals surface area contributed by atoms with E-state index in [1.165, 1.54) is 32.4 Å². The number of rotatable bonds is 6. The van der Waals surface area contributed by atoms with Crippen molar-refractivity contribution in [1.82, 2.24) is 0 Å². The lowest BCUT2D eigenvalue weighted by Crippen LogP contribution is -2.11. The van der Waals surface area contributed by atoms with Crippen molar-refractivity contribution in [2.45, 2.75) is 31.6 Å². The Kier molecular flexibility index (Phi) is 5.39. The number of hydrogen-bond acceptors (Lipinski definition) is 5. The predicted molar refractivity (Wildman–Crippen MR) is 92.6 cm³/mol. The van der Waals surface area contributed by atoms with Crippen molar-refractivity contribution in [2.75, 3.05) is 14.2 Å². The number of aryl methyl sites for hydroxylation is 1. The maximum Gasteiger partial charge on any atom is 0.339 e. The molecule has 6 heteroatoms. The molecular formula is C18H22O5S. The summed E-state index contributed by atoms with van der Waals surface area (Å²) in [5, 5.41) is 0. The average Bonchev–Trinajstić information content (AvgIpc) is 2.55. The number of methoxy groups -OCH3 is 2. The molecule has 0 unspecified atom stereocenters. The van der Waals surface area contributed by atoms with Crippen molar-refractivity contribution >= 4 is 10.1 Å². The van der Waals surface area contributed by atoms with Crippen molar-refractivity contribution in [1.29, 1.82) is 0 Å². The summed E-state index contributed by atoms with van der Waals surface area (Å²) in [6.45, 7) is 5.89. The van der Waals surface area contributed by atoms with Crippen molar-refractivity contribution in [2.24, 2.45) is 0 Å². The van der Waals surface area contributed by atoms with E-state index in [0.29, 0.717) is 17.2 Å². The van der Waals surface area contributed by atoms with E-state index < -0.39 is 10.1 Å². The zero-order valence-corrected chi connectivity index (χ0v) is 15.3. The van der Waals surface area contributed by atoms with Crippen LogP contribution in [0, 0.1) is 6.92 Å². The van der Waals surface area contributed by atoms with Gasteiger partial charge in [0.15, 0.2) is 11.5 Å². The second kappa shape index (κ2) is 7.13. The summed E-state index contributed by atoms with van der Waals surface area (Å²) >= 11 is 0. The Balaban J connectivity index is 2.40. The smallest absolute Gasteiger partial charge is 0.339 e. The second-order valence-corrected chi connectivity index (χ2v) is 7.28. The van der Waals surface area contributed by atoms with Crippen LogP contribution in [-0.2, 0) is 10.1 Å². The van der Waals surface area contributed by atoms with E-state index in [1.807, 2.05) is 32.9 Å². The summed E-state index contributed by atoms with van der Waals surface area (Å²) in [6, 6.07) is 9.93. The van der Waals surface area contributed by atoms with Crippen LogP contribution in [0.1, 0.15) is 30.9 Å². The van der Waals surface area contributed by atoms with Gasteiger partial charge in [0.2, 0.25) is 0 Å². The summed E-state index contributed by atoms with van der Waals surface area (Å²) in [7, 11) is -1.03. The van der Waals surface area contributed by atoms with Gasteiger partial charge in [-0.15, -0.1) is 0 Å². The molecule has 24 heavy (non-hydrogen) atoms. The van der Waals surface area contributed by atoms with Gasteiger partial charge in [0.05, 0.1) is 14.2 Å². The van der Waals surface area contributed by atoms with E-state index in [2.05, 4.69) is 0 Å². The molecule has 0 radical (unpaired) electrons. The highest BCUT2D eigenvalue weighted by atomic mass is 32.2. The molecule has 2 rings (SSSR count). The average molecular weight is 350 g/mol. The molecule has 0 aromatic heterocycles. The maximum atomic E-state index is 12.6. The van der Waals surface area contributed by atoms with Gasteiger partial charge in [-0.05, 0) is 42.2 Å². The van der Waals surface area contributed by atoms with E-state index in [0.717, 1.165) is 11.1 Å². The molecule has 5 nitrogen and oxygen atoms in total. The molecule has 130 valence electrons. The number of benzene rings is 2. The second-order valence-electron chi connectivity index (χ2n) is 5.73. The van der Waals surface area contributed by atoms with Crippen molar-refractivity contribution < 1.29 is 22.1 Å². The van der Waals surface area contributed by atoms with Crippen LogP contribution in [0.4, 0.5) is 0 Å². The Morgan fingerprint density at radius 3 is 2.12 bits per heavy atom. The van der Waals surface area contributed by atoms with Gasteiger partial charge >= 0.3 is 10.1 Å². The summed E-state index contributed by atoms with van der Waals surface area (Å²) < 4.78 is 40.8. The van der Waals surface area contributed by atoms with E-state index in [-0.39, 0.29) is 10.8 Å². The highest BCUT2D eigenvalue weighted by Gasteiger charge is 2.20. The van der Waals surface area contributed by atoms with E-state index in [4.69, 9.17) is 13.7 Å². The van der Waals surface area contributed by atoms with Crippen LogP contribution < -0.4 is 13.7 Å². The quantitative estimate of drug-likeness (QED) is 0.739. The molecule has 0 aliphatic carbocycles. The van der Waals surface area contributed by atoms with Crippen LogP contribution in [0.15, 0.2) is 41.3 Å². The zero-order chi connectivity index (χ0) is 17.9. The van der Waals surface area contributed by atoms with Crippen LogP contribution in [0.25, 0.3) is 0 Å². The minimum Gasteiger partial charge on any atom is -0.493 e. The molecule has 0 atom stereocenters. The molecule has 0 fully saturated rings. The summed E-state index contributed by atoms with van der Waals surface area (Å²) in [5.74, 6) is 1.39. The predicted octanol–water partition coefficient (Wildman–Crippen LogP) is 3.90. The summed E-state index contributed by atoms with van der Waals surface area (Å²) in [6.07, 6.45) is 0. The molecule has 2 aromatic carbocycles. The first kappa shape index (κ1) is 18.1. The standard InChI is InChI=1S/C18H22O5S/c1-12(2)14-7-6-13(3)17(10-14)23-24(19,20)15-8-9-16(21-4)18(11-15)22-5/h6-12H,1-5H3. The fourth-order valence-corrected chi connectivity index (χ4v) is 3.20. The lowest BCUT2D eigenvalue weighted by atomic mass is 10.0. The monoisotopic (exact) mass is 350 g/mol. The molecule has 0 amide bonds. The van der Waals surface area contributed by atoms with Gasteiger partial charge in [-0.3, -0.25) is 0 Å². The van der Waals surface area contributed by atoms with Crippen molar-refractivity contribution in [3.63, 3.8) is 0 Å². The van der Waals surface area contributed by atoms with Gasteiger partial charge in [-0.25, -0.2) is 0 Å². The first-order valence-electron chi connectivity index (χ1n) is 7.55. The van der Waals surface area contributed by atoms with Crippen LogP contribution in [0.3, 0.4) is 0 Å². The normalized spacial score (nSPS) is 11.4. The van der Waals surface area contributed by atoms with Crippen molar-refractivity contribution in [3.8, 4) is 17.2 Å². The Morgan fingerprint density at radius 2 is 1.54 bits per heavy atom. The number of hydrogen-bond donors (Lipinski definition) is 0. The Bertz CT molecular complexity index is 825. The first-order valence-corrected chi connectivity index (χ1v) is 8.96. The zero-order valence-electron chi connectivity index (χ0n) is 14.5. The molecule has 0 aliphatic rings. The molecule has 0 N–H and O–H groups in total. The van der Waals surface area contributed by atoms with Crippen molar-refractivity contribution in [3.05, 3.63) is 47.5 Å². The molecule has 0 saturated carbocycles. The molecule has 0 spiro atoms. The van der Waals surface area contributed by atoms with Gasteiger partial charge in [-0.2, -0.15) is 8.42 Å². The van der Waals surface area contributed by atoms with Gasteiger partial charge in [0.25, 0.3) is 0 Å². The third-order valence-electron chi connectivity index (χ3n) is 3.72. The first-order chi connectivity index (χ1) is 11.3. The maximum absolute atomic E-state index is 12.6. The fraction of sp³-hybridized carbons (Fsp3) is 0.333. The molecule has 2 aromatic rings. The van der Waals surface area contributed by atoms with Crippen LogP contribution in [-0.4, -0.2) is 22.6 Å². The third-order valence-corrected chi connectivity index (χ3v) is 4.95. The molecular weight excluding hydrogens is 328 g/mol. The fourth-order valence-electron chi connectivity index (χ4n) is 2.20. The van der Waals surface area contributed by atoms with Gasteiger partial charge in [-0.1, -0.05) is 26.0 Å². The minimum atomic E-state index is -3.97. The largest absolute Gasteiger partial charge is 0.493 e. The minimum absolute atomic E-state index is 0.00880. The highest BCUT2D eigenvalue weighted by molar-refractivity contribution is 7.87. The Hall–Kier alpha value is -2.21. The molecule has 0 aliphatic heterocycles. The Morgan fingerprint density at radius 1 is 0.875 bits per heavy atom. The van der Waals surface area contributed by atoms with Crippen LogP contribution >= 0.6 is 0 Å². The van der Waals surface area contributed by atoms with Gasteiger partial charge < -0.3 is 13.7 Å². The topological polar surface area (TPSA) is 61.8 Å². The lowest BCUT2D eigenvalue weighted by Gasteiger charge is -2.14. The van der Waals surface area contributed by atoms with E-state index in [1.54, 1.807) is 6.07 Å². The molecule has 0 saturated heterocycles. The van der Waals surface area contributed by atoms with Crippen LogP contribution in [0.2, 0.25) is 0 Å². The third kappa shape index (κ3) is 3.82. The SMILES string of the molecule is COc1ccc(S(=O)(=O)Oc2cc(C(C)C)ccc2C)cc1OC. The molecule has 0 bridgehead atoms. The molecule has 0 heterocycles. The van der Waals surface area contributed by atoms with Gasteiger partial charge in [0.1, 0.15) is 10.6 Å². The van der Waals surface area contributed by atoms with Crippen LogP contribution in [0.5, 0.6) is 17.2 Å². The van der Waals surface area contributed by atoms with E-state index >= 15 is 0 Å². The van der Waals surface area contributed by atoms with E-state index in [9.17, 15) is 8.42 Å². The highest BCUT2D eigenvalue weighted by Crippen LogP contribution is 2.32. The van der Waals surface area contributed by atoms with Gasteiger partial charge in [0, 0.05) is 6.07 Å².